The molecule has 0 radical (unpaired) electrons. The molecule has 5 rings (SSSR count). The lowest BCUT2D eigenvalue weighted by molar-refractivity contribution is 0.480. The molecule has 0 amide bonds. The topological polar surface area (TPSA) is 45.1 Å². The SMILES string of the molecule is C/C=C(/NCc1ccc(-c2ccccc2)cc1)c1cccc(-c2cc(O)c3ncccc3c2)c1. The Morgan fingerprint density at radius 3 is 2.32 bits per heavy atom. The minimum Gasteiger partial charge on any atom is -0.506 e. The van der Waals surface area contributed by atoms with Gasteiger partial charge in [0, 0.05) is 23.8 Å². The molecule has 0 saturated carbocycles. The molecule has 5 aromatic rings. The van der Waals surface area contributed by atoms with Crippen LogP contribution in [0.15, 0.2) is 115 Å². The molecule has 0 aliphatic heterocycles. The normalized spacial score (nSPS) is 11.5. The number of hydrogen-bond donors (Lipinski definition) is 2. The highest BCUT2D eigenvalue weighted by atomic mass is 16.3. The second kappa shape index (κ2) is 9.63. The third-order valence-electron chi connectivity index (χ3n) is 6.02. The first-order chi connectivity index (χ1) is 16.7. The van der Waals surface area contributed by atoms with Crippen molar-refractivity contribution in [1.82, 2.24) is 10.3 Å². The van der Waals surface area contributed by atoms with Gasteiger partial charge in [-0.1, -0.05) is 84.9 Å². The van der Waals surface area contributed by atoms with Crippen LogP contribution in [0.25, 0.3) is 38.9 Å². The Morgan fingerprint density at radius 1 is 0.765 bits per heavy atom. The van der Waals surface area contributed by atoms with Gasteiger partial charge in [0.1, 0.15) is 11.3 Å². The fourth-order valence-corrected chi connectivity index (χ4v) is 4.22. The molecular formula is C31H26N2O. The molecule has 3 heteroatoms. The number of pyridine rings is 1. The number of fused-ring (bicyclic) bond motifs is 1. The second-order valence-corrected chi connectivity index (χ2v) is 8.27. The molecular weight excluding hydrogens is 416 g/mol. The smallest absolute Gasteiger partial charge is 0.142 e. The van der Waals surface area contributed by atoms with Crippen molar-refractivity contribution >= 4 is 16.6 Å². The third kappa shape index (κ3) is 4.55. The first-order valence-corrected chi connectivity index (χ1v) is 11.4. The van der Waals surface area contributed by atoms with Crippen molar-refractivity contribution in [3.8, 4) is 28.0 Å². The summed E-state index contributed by atoms with van der Waals surface area (Å²) in [7, 11) is 0. The summed E-state index contributed by atoms with van der Waals surface area (Å²) in [6.45, 7) is 2.78. The van der Waals surface area contributed by atoms with E-state index in [9.17, 15) is 5.11 Å². The van der Waals surface area contributed by atoms with E-state index in [1.165, 1.54) is 16.7 Å². The molecule has 4 aromatic carbocycles. The van der Waals surface area contributed by atoms with Crippen LogP contribution in [0.1, 0.15) is 18.1 Å². The van der Waals surface area contributed by atoms with E-state index in [1.54, 1.807) is 12.3 Å². The van der Waals surface area contributed by atoms with Gasteiger partial charge in [0.25, 0.3) is 0 Å². The standard InChI is InChI=1S/C31H26N2O/c1-2-29(33-21-22-13-15-24(16-14-22)23-8-4-3-5-9-23)26-11-6-10-25(18-26)28-19-27-12-7-17-32-31(27)30(34)20-28/h2-20,33-34H,21H2,1H3/b29-2+. The molecule has 0 fully saturated rings. The van der Waals surface area contributed by atoms with Crippen molar-refractivity contribution in [2.75, 3.05) is 0 Å². The molecule has 0 unspecified atom stereocenters. The van der Waals surface area contributed by atoms with Crippen molar-refractivity contribution < 1.29 is 5.11 Å². The largest absolute Gasteiger partial charge is 0.506 e. The summed E-state index contributed by atoms with van der Waals surface area (Å²) in [5.74, 6) is 0.196. The minimum atomic E-state index is 0.196. The molecule has 0 spiro atoms. The Bertz CT molecular complexity index is 1450. The monoisotopic (exact) mass is 442 g/mol. The Kier molecular flexibility index (Phi) is 6.09. The van der Waals surface area contributed by atoms with Gasteiger partial charge in [0.15, 0.2) is 0 Å². The van der Waals surface area contributed by atoms with Gasteiger partial charge in [-0.15, -0.1) is 0 Å². The maximum absolute atomic E-state index is 10.5. The molecule has 2 N–H and O–H groups in total. The maximum atomic E-state index is 10.5. The number of phenolic OH excluding ortho intramolecular Hbond substituents is 1. The van der Waals surface area contributed by atoms with Crippen molar-refractivity contribution in [2.45, 2.75) is 13.5 Å². The van der Waals surface area contributed by atoms with Gasteiger partial charge in [-0.05, 0) is 64.6 Å². The van der Waals surface area contributed by atoms with E-state index in [4.69, 9.17) is 0 Å². The summed E-state index contributed by atoms with van der Waals surface area (Å²) >= 11 is 0. The van der Waals surface area contributed by atoms with Gasteiger partial charge in [-0.3, -0.25) is 4.98 Å². The van der Waals surface area contributed by atoms with Gasteiger partial charge in [0.2, 0.25) is 0 Å². The zero-order valence-electron chi connectivity index (χ0n) is 19.1. The van der Waals surface area contributed by atoms with Crippen LogP contribution in [0.5, 0.6) is 5.75 Å². The summed E-state index contributed by atoms with van der Waals surface area (Å²) in [6.07, 6.45) is 3.79. The number of aromatic hydroxyl groups is 1. The lowest BCUT2D eigenvalue weighted by Crippen LogP contribution is -2.11. The fourth-order valence-electron chi connectivity index (χ4n) is 4.22. The molecule has 0 atom stereocenters. The Morgan fingerprint density at radius 2 is 1.53 bits per heavy atom. The van der Waals surface area contributed by atoms with Gasteiger partial charge in [-0.25, -0.2) is 0 Å². The van der Waals surface area contributed by atoms with Crippen LogP contribution >= 0.6 is 0 Å². The highest BCUT2D eigenvalue weighted by molar-refractivity contribution is 5.89. The van der Waals surface area contributed by atoms with Crippen LogP contribution in [0.2, 0.25) is 0 Å². The van der Waals surface area contributed by atoms with Crippen LogP contribution in [0.4, 0.5) is 0 Å². The zero-order chi connectivity index (χ0) is 23.3. The van der Waals surface area contributed by atoms with Crippen LogP contribution < -0.4 is 5.32 Å². The summed E-state index contributed by atoms with van der Waals surface area (Å²) in [5.41, 5.74) is 8.48. The van der Waals surface area contributed by atoms with Gasteiger partial charge >= 0.3 is 0 Å². The Hall–Kier alpha value is -4.37. The summed E-state index contributed by atoms with van der Waals surface area (Å²) in [5, 5.41) is 15.0. The lowest BCUT2D eigenvalue weighted by atomic mass is 9.99. The first kappa shape index (κ1) is 21.5. The summed E-state index contributed by atoms with van der Waals surface area (Å²) in [6, 6.07) is 35.2. The van der Waals surface area contributed by atoms with Crippen molar-refractivity contribution in [2.24, 2.45) is 0 Å². The van der Waals surface area contributed by atoms with Crippen molar-refractivity contribution in [3.05, 3.63) is 127 Å². The van der Waals surface area contributed by atoms with E-state index < -0.39 is 0 Å². The summed E-state index contributed by atoms with van der Waals surface area (Å²) < 4.78 is 0. The van der Waals surface area contributed by atoms with E-state index in [-0.39, 0.29) is 5.75 Å². The highest BCUT2D eigenvalue weighted by Gasteiger charge is 2.08. The number of aromatic nitrogens is 1. The zero-order valence-corrected chi connectivity index (χ0v) is 19.1. The van der Waals surface area contributed by atoms with Crippen molar-refractivity contribution in [1.29, 1.82) is 0 Å². The predicted octanol–water partition coefficient (Wildman–Crippen LogP) is 7.43. The highest BCUT2D eigenvalue weighted by Crippen LogP contribution is 2.31. The number of hydrogen-bond acceptors (Lipinski definition) is 3. The number of rotatable bonds is 6. The number of nitrogens with one attached hydrogen (secondary N) is 1. The van der Waals surface area contributed by atoms with E-state index in [1.807, 2.05) is 25.1 Å². The van der Waals surface area contributed by atoms with E-state index in [2.05, 4.69) is 95.2 Å². The summed E-state index contributed by atoms with van der Waals surface area (Å²) in [4.78, 5) is 4.28. The maximum Gasteiger partial charge on any atom is 0.142 e. The molecule has 0 saturated heterocycles. The van der Waals surface area contributed by atoms with Crippen LogP contribution in [-0.4, -0.2) is 10.1 Å². The van der Waals surface area contributed by atoms with Gasteiger partial charge in [-0.2, -0.15) is 0 Å². The fraction of sp³-hybridized carbons (Fsp3) is 0.0645. The molecule has 1 heterocycles. The average Bonchev–Trinajstić information content (AvgIpc) is 2.90. The molecule has 166 valence electrons. The first-order valence-electron chi connectivity index (χ1n) is 11.4. The van der Waals surface area contributed by atoms with Crippen molar-refractivity contribution in [3.63, 3.8) is 0 Å². The quantitative estimate of drug-likeness (QED) is 0.287. The molecule has 0 aliphatic rings. The molecule has 0 aliphatic carbocycles. The number of phenols is 1. The average molecular weight is 443 g/mol. The lowest BCUT2D eigenvalue weighted by Gasteiger charge is -2.14. The van der Waals surface area contributed by atoms with E-state index in [0.717, 1.165) is 34.3 Å². The van der Waals surface area contributed by atoms with Crippen LogP contribution in [0, 0.1) is 0 Å². The molecule has 0 bridgehead atoms. The number of nitrogens with zero attached hydrogens (tertiary/aromatic N) is 1. The van der Waals surface area contributed by atoms with Crippen LogP contribution in [-0.2, 0) is 6.54 Å². The number of benzene rings is 4. The van der Waals surface area contributed by atoms with Gasteiger partial charge in [0.05, 0.1) is 0 Å². The minimum absolute atomic E-state index is 0.196. The predicted molar refractivity (Wildman–Crippen MR) is 141 cm³/mol. The molecule has 1 aromatic heterocycles. The third-order valence-corrected chi connectivity index (χ3v) is 6.02. The van der Waals surface area contributed by atoms with Crippen LogP contribution in [0.3, 0.4) is 0 Å². The number of allylic oxidation sites excluding steroid dienone is 1. The Balaban J connectivity index is 1.34. The van der Waals surface area contributed by atoms with Gasteiger partial charge < -0.3 is 10.4 Å². The molecule has 3 nitrogen and oxygen atoms in total. The van der Waals surface area contributed by atoms with E-state index in [0.29, 0.717) is 5.52 Å². The second-order valence-electron chi connectivity index (χ2n) is 8.27. The molecule has 34 heavy (non-hydrogen) atoms. The Labute approximate surface area is 200 Å². The van der Waals surface area contributed by atoms with E-state index >= 15 is 0 Å².